The summed E-state index contributed by atoms with van der Waals surface area (Å²) in [5.41, 5.74) is 0. The Bertz CT molecular complexity index is 353. The van der Waals surface area contributed by atoms with E-state index in [1.807, 2.05) is 0 Å². The first kappa shape index (κ1) is 14.6. The summed E-state index contributed by atoms with van der Waals surface area (Å²) in [5.74, 6) is 1.08. The summed E-state index contributed by atoms with van der Waals surface area (Å²) >= 11 is 5.74. The monoisotopic (exact) mass is 294 g/mol. The molecule has 0 aliphatic carbocycles. The Morgan fingerprint density at radius 1 is 1.00 bits per heavy atom. The van der Waals surface area contributed by atoms with Crippen molar-refractivity contribution in [1.29, 1.82) is 0 Å². The smallest absolute Gasteiger partial charge is 0.195 e. The fourth-order valence-electron chi connectivity index (χ4n) is 2.83. The Hall–Kier alpha value is 0.160. The molecule has 1 atom stereocenters. The summed E-state index contributed by atoms with van der Waals surface area (Å²) in [6.07, 6.45) is 6.19. The van der Waals surface area contributed by atoms with Crippen molar-refractivity contribution in [2.45, 2.75) is 38.5 Å². The fourth-order valence-corrected chi connectivity index (χ4v) is 4.92. The van der Waals surface area contributed by atoms with Crippen LogP contribution in [0.5, 0.6) is 0 Å². The standard InChI is InChI=1S/C12H23ClN2O2S/c13-7-5-12-6-10-15(11-12)18(16,17)14-8-3-1-2-4-9-14/h12H,1-11H2. The van der Waals surface area contributed by atoms with Crippen molar-refractivity contribution in [3.05, 3.63) is 0 Å². The van der Waals surface area contributed by atoms with E-state index in [9.17, 15) is 8.42 Å². The van der Waals surface area contributed by atoms with Crippen molar-refractivity contribution in [3.63, 3.8) is 0 Å². The van der Waals surface area contributed by atoms with Crippen molar-refractivity contribution in [2.75, 3.05) is 32.1 Å². The van der Waals surface area contributed by atoms with Crippen molar-refractivity contribution >= 4 is 21.8 Å². The average molecular weight is 295 g/mol. The van der Waals surface area contributed by atoms with E-state index in [0.29, 0.717) is 38.0 Å². The molecule has 2 aliphatic rings. The van der Waals surface area contributed by atoms with Gasteiger partial charge >= 0.3 is 0 Å². The minimum Gasteiger partial charge on any atom is -0.195 e. The van der Waals surface area contributed by atoms with Gasteiger partial charge in [0.25, 0.3) is 10.2 Å². The first-order chi connectivity index (χ1) is 8.64. The molecule has 2 aliphatic heterocycles. The Kier molecular flexibility index (Phi) is 5.30. The lowest BCUT2D eigenvalue weighted by Crippen LogP contribution is -2.43. The van der Waals surface area contributed by atoms with Crippen molar-refractivity contribution in [1.82, 2.24) is 8.61 Å². The maximum Gasteiger partial charge on any atom is 0.281 e. The summed E-state index contributed by atoms with van der Waals surface area (Å²) in [7, 11) is -3.21. The van der Waals surface area contributed by atoms with E-state index in [-0.39, 0.29) is 0 Å². The van der Waals surface area contributed by atoms with Gasteiger partial charge in [-0.2, -0.15) is 17.0 Å². The van der Waals surface area contributed by atoms with Crippen LogP contribution < -0.4 is 0 Å². The number of halogens is 1. The quantitative estimate of drug-likeness (QED) is 0.745. The molecule has 0 N–H and O–H groups in total. The maximum absolute atomic E-state index is 12.5. The van der Waals surface area contributed by atoms with Crippen LogP contribution in [0.1, 0.15) is 38.5 Å². The highest BCUT2D eigenvalue weighted by atomic mass is 35.5. The summed E-state index contributed by atoms with van der Waals surface area (Å²) in [4.78, 5) is 0. The van der Waals surface area contributed by atoms with Gasteiger partial charge in [-0.15, -0.1) is 11.6 Å². The lowest BCUT2D eigenvalue weighted by molar-refractivity contribution is 0.361. The summed E-state index contributed by atoms with van der Waals surface area (Å²) < 4.78 is 28.4. The van der Waals surface area contributed by atoms with Gasteiger partial charge in [0.15, 0.2) is 0 Å². The zero-order valence-corrected chi connectivity index (χ0v) is 12.4. The van der Waals surface area contributed by atoms with E-state index in [1.54, 1.807) is 8.61 Å². The SMILES string of the molecule is O=S(=O)(N1CCCCCC1)N1CCC(CCCl)C1. The molecule has 0 radical (unpaired) electrons. The third kappa shape index (κ3) is 3.38. The maximum atomic E-state index is 12.5. The second-order valence-corrected chi connectivity index (χ2v) is 7.62. The molecule has 18 heavy (non-hydrogen) atoms. The molecular formula is C12H23ClN2O2S. The molecule has 0 saturated carbocycles. The molecule has 0 bridgehead atoms. The second kappa shape index (κ2) is 6.55. The molecule has 2 heterocycles. The molecule has 106 valence electrons. The van der Waals surface area contributed by atoms with Crippen LogP contribution in [-0.2, 0) is 10.2 Å². The highest BCUT2D eigenvalue weighted by molar-refractivity contribution is 7.86. The van der Waals surface area contributed by atoms with E-state index in [4.69, 9.17) is 11.6 Å². The molecule has 0 aromatic heterocycles. The predicted octanol–water partition coefficient (Wildman–Crippen LogP) is 2.06. The number of hydrogen-bond acceptors (Lipinski definition) is 2. The average Bonchev–Trinajstić information content (AvgIpc) is 2.65. The van der Waals surface area contributed by atoms with E-state index in [1.165, 1.54) is 0 Å². The van der Waals surface area contributed by atoms with Crippen molar-refractivity contribution < 1.29 is 8.42 Å². The van der Waals surface area contributed by atoms with Gasteiger partial charge in [-0.1, -0.05) is 12.8 Å². The van der Waals surface area contributed by atoms with E-state index in [2.05, 4.69) is 0 Å². The van der Waals surface area contributed by atoms with Gasteiger partial charge in [-0.05, 0) is 31.6 Å². The lowest BCUT2D eigenvalue weighted by Gasteiger charge is -2.26. The molecule has 6 heteroatoms. The molecule has 0 aromatic rings. The van der Waals surface area contributed by atoms with E-state index >= 15 is 0 Å². The molecule has 0 amide bonds. The normalized spacial score (nSPS) is 28.4. The Morgan fingerprint density at radius 2 is 1.67 bits per heavy atom. The number of nitrogens with zero attached hydrogens (tertiary/aromatic N) is 2. The van der Waals surface area contributed by atoms with Gasteiger partial charge in [0.05, 0.1) is 0 Å². The van der Waals surface area contributed by atoms with Crippen LogP contribution in [0.15, 0.2) is 0 Å². The number of hydrogen-bond donors (Lipinski definition) is 0. The van der Waals surface area contributed by atoms with Crippen LogP contribution in [0.2, 0.25) is 0 Å². The molecule has 4 nitrogen and oxygen atoms in total. The Labute approximate surface area is 115 Å². The van der Waals surface area contributed by atoms with Crippen LogP contribution in [-0.4, -0.2) is 49.1 Å². The molecule has 2 saturated heterocycles. The second-order valence-electron chi connectivity index (χ2n) is 5.31. The van der Waals surface area contributed by atoms with Crippen molar-refractivity contribution in [2.24, 2.45) is 5.92 Å². The minimum absolute atomic E-state index is 0.448. The highest BCUT2D eigenvalue weighted by Gasteiger charge is 2.35. The van der Waals surface area contributed by atoms with Gasteiger partial charge in [0.2, 0.25) is 0 Å². The van der Waals surface area contributed by atoms with Crippen LogP contribution in [0.3, 0.4) is 0 Å². The van der Waals surface area contributed by atoms with Crippen LogP contribution in [0.25, 0.3) is 0 Å². The first-order valence-electron chi connectivity index (χ1n) is 6.96. The third-order valence-electron chi connectivity index (χ3n) is 3.98. The fraction of sp³-hybridized carbons (Fsp3) is 1.00. The largest absolute Gasteiger partial charge is 0.281 e. The van der Waals surface area contributed by atoms with Crippen LogP contribution in [0.4, 0.5) is 0 Å². The lowest BCUT2D eigenvalue weighted by atomic mass is 10.1. The third-order valence-corrected chi connectivity index (χ3v) is 6.20. The van der Waals surface area contributed by atoms with Gasteiger partial charge in [-0.25, -0.2) is 0 Å². The Morgan fingerprint density at radius 3 is 2.28 bits per heavy atom. The van der Waals surface area contributed by atoms with Crippen molar-refractivity contribution in [3.8, 4) is 0 Å². The summed E-state index contributed by atoms with van der Waals surface area (Å²) in [6, 6.07) is 0. The molecule has 2 rings (SSSR count). The molecule has 1 unspecified atom stereocenters. The minimum atomic E-state index is -3.21. The van der Waals surface area contributed by atoms with E-state index in [0.717, 1.165) is 38.5 Å². The summed E-state index contributed by atoms with van der Waals surface area (Å²) in [5, 5.41) is 0. The number of alkyl halides is 1. The molecular weight excluding hydrogens is 272 g/mol. The zero-order chi connectivity index (χ0) is 13.0. The topological polar surface area (TPSA) is 40.6 Å². The molecule has 0 aromatic carbocycles. The van der Waals surface area contributed by atoms with Gasteiger partial charge in [-0.3, -0.25) is 0 Å². The van der Waals surface area contributed by atoms with Gasteiger partial charge in [0, 0.05) is 32.1 Å². The van der Waals surface area contributed by atoms with Gasteiger partial charge in [0.1, 0.15) is 0 Å². The van der Waals surface area contributed by atoms with Crippen LogP contribution >= 0.6 is 11.6 Å². The van der Waals surface area contributed by atoms with Crippen LogP contribution in [0, 0.1) is 5.92 Å². The molecule has 0 spiro atoms. The molecule has 2 fully saturated rings. The number of rotatable bonds is 4. The zero-order valence-electron chi connectivity index (χ0n) is 10.9. The first-order valence-corrected chi connectivity index (χ1v) is 8.89. The summed E-state index contributed by atoms with van der Waals surface area (Å²) in [6.45, 7) is 2.71. The highest BCUT2D eigenvalue weighted by Crippen LogP contribution is 2.25. The van der Waals surface area contributed by atoms with E-state index < -0.39 is 10.2 Å². The Balaban J connectivity index is 1.97. The predicted molar refractivity (Wildman–Crippen MR) is 74.0 cm³/mol. The van der Waals surface area contributed by atoms with Gasteiger partial charge < -0.3 is 0 Å².